The third kappa shape index (κ3) is 3.03. The molecular weight excluding hydrogens is 281 g/mol. The quantitative estimate of drug-likeness (QED) is 0.879. The molecule has 104 valence electrons. The van der Waals surface area contributed by atoms with Crippen molar-refractivity contribution in [2.24, 2.45) is 0 Å². The Kier molecular flexibility index (Phi) is 3.74. The normalized spacial score (nSPS) is 12.0. The fourth-order valence-corrected chi connectivity index (χ4v) is 2.23. The largest absolute Gasteiger partial charge is 0.433 e. The van der Waals surface area contributed by atoms with E-state index in [2.05, 4.69) is 15.4 Å². The molecular formula is C10H11F3N4OS. The Labute approximate surface area is 110 Å². The van der Waals surface area contributed by atoms with Gasteiger partial charge in [0.1, 0.15) is 0 Å². The van der Waals surface area contributed by atoms with Crippen LogP contribution in [0.15, 0.2) is 10.9 Å². The van der Waals surface area contributed by atoms with Crippen molar-refractivity contribution in [1.82, 2.24) is 14.6 Å². The second-order valence-electron chi connectivity index (χ2n) is 3.86. The lowest BCUT2D eigenvalue weighted by Crippen LogP contribution is -2.19. The molecule has 1 N–H and O–H groups in total. The van der Waals surface area contributed by atoms with E-state index in [4.69, 9.17) is 0 Å². The molecule has 0 aliphatic rings. The van der Waals surface area contributed by atoms with E-state index in [0.717, 1.165) is 28.7 Å². The van der Waals surface area contributed by atoms with Crippen LogP contribution in [0.1, 0.15) is 25.5 Å². The van der Waals surface area contributed by atoms with Gasteiger partial charge < -0.3 is 5.32 Å². The molecule has 0 bridgehead atoms. The average molecular weight is 292 g/mol. The predicted molar refractivity (Wildman–Crippen MR) is 65.5 cm³/mol. The maximum atomic E-state index is 12.5. The number of nitrogens with zero attached hydrogens (tertiary/aromatic N) is 3. The van der Waals surface area contributed by atoms with Crippen LogP contribution >= 0.6 is 11.3 Å². The summed E-state index contributed by atoms with van der Waals surface area (Å²) < 4.78 is 38.4. The Balaban J connectivity index is 2.37. The number of hydrogen-bond donors (Lipinski definition) is 1. The van der Waals surface area contributed by atoms with E-state index in [1.807, 2.05) is 6.92 Å². The predicted octanol–water partition coefficient (Wildman–Crippen LogP) is 2.38. The van der Waals surface area contributed by atoms with Crippen molar-refractivity contribution in [3.8, 4) is 0 Å². The van der Waals surface area contributed by atoms with Crippen LogP contribution in [0.2, 0.25) is 0 Å². The van der Waals surface area contributed by atoms with E-state index in [9.17, 15) is 18.0 Å². The Morgan fingerprint density at radius 1 is 1.47 bits per heavy atom. The summed E-state index contributed by atoms with van der Waals surface area (Å²) in [5.41, 5.74) is -2.03. The highest BCUT2D eigenvalue weighted by atomic mass is 32.1. The average Bonchev–Trinajstić information content (AvgIpc) is 2.71. The third-order valence-corrected chi connectivity index (χ3v) is 3.21. The van der Waals surface area contributed by atoms with Crippen molar-refractivity contribution in [3.05, 3.63) is 22.1 Å². The van der Waals surface area contributed by atoms with Crippen molar-refractivity contribution in [1.29, 1.82) is 0 Å². The van der Waals surface area contributed by atoms with Gasteiger partial charge in [0.2, 0.25) is 10.1 Å². The van der Waals surface area contributed by atoms with Gasteiger partial charge in [-0.15, -0.1) is 5.10 Å². The number of rotatable bonds is 4. The fourth-order valence-electron chi connectivity index (χ4n) is 1.40. The van der Waals surface area contributed by atoms with Gasteiger partial charge in [-0.3, -0.25) is 4.79 Å². The molecule has 2 aromatic heterocycles. The van der Waals surface area contributed by atoms with Gasteiger partial charge in [-0.05, 0) is 6.42 Å². The summed E-state index contributed by atoms with van der Waals surface area (Å²) in [6, 6.07) is 0.447. The molecule has 0 saturated heterocycles. The summed E-state index contributed by atoms with van der Waals surface area (Å²) in [6.45, 7) is 2.67. The van der Waals surface area contributed by atoms with Crippen molar-refractivity contribution in [2.45, 2.75) is 25.9 Å². The second-order valence-corrected chi connectivity index (χ2v) is 4.82. The molecule has 0 aliphatic carbocycles. The molecule has 0 unspecified atom stereocenters. The number of nitrogens with one attached hydrogen (secondary N) is 1. The van der Waals surface area contributed by atoms with Gasteiger partial charge in [-0.25, -0.2) is 4.98 Å². The number of hydrogen-bond acceptors (Lipinski definition) is 5. The summed E-state index contributed by atoms with van der Waals surface area (Å²) in [5, 5.41) is 7.22. The van der Waals surface area contributed by atoms with Crippen LogP contribution in [-0.2, 0) is 6.18 Å². The highest BCUT2D eigenvalue weighted by molar-refractivity contribution is 7.20. The Bertz CT molecular complexity index is 634. The van der Waals surface area contributed by atoms with Crippen LogP contribution in [0, 0.1) is 0 Å². The standard InChI is InChI=1S/C10H11F3N4OS/c1-2-3-4-14-8-16-17-7(18)5-6(10(11,12)13)15-9(17)19-8/h5H,2-4H2,1H3,(H,14,16). The number of alkyl halides is 3. The first-order chi connectivity index (χ1) is 8.91. The summed E-state index contributed by atoms with van der Waals surface area (Å²) in [6.07, 6.45) is -2.74. The Hall–Kier alpha value is -1.64. The van der Waals surface area contributed by atoms with Crippen molar-refractivity contribution >= 4 is 21.4 Å². The van der Waals surface area contributed by atoms with Gasteiger partial charge in [-0.1, -0.05) is 24.7 Å². The molecule has 0 saturated carbocycles. The molecule has 9 heteroatoms. The smallest absolute Gasteiger partial charge is 0.360 e. The zero-order chi connectivity index (χ0) is 14.0. The molecule has 0 amide bonds. The molecule has 0 aromatic carbocycles. The van der Waals surface area contributed by atoms with Crippen molar-refractivity contribution in [3.63, 3.8) is 0 Å². The zero-order valence-corrected chi connectivity index (χ0v) is 10.8. The lowest BCUT2D eigenvalue weighted by Gasteiger charge is -2.03. The van der Waals surface area contributed by atoms with Gasteiger partial charge in [-0.2, -0.15) is 17.7 Å². The second kappa shape index (κ2) is 5.16. The first-order valence-corrected chi connectivity index (χ1v) is 6.45. The first-order valence-electron chi connectivity index (χ1n) is 5.64. The van der Waals surface area contributed by atoms with Crippen LogP contribution in [0.5, 0.6) is 0 Å². The minimum atomic E-state index is -4.63. The van der Waals surface area contributed by atoms with Crippen LogP contribution in [-0.4, -0.2) is 21.1 Å². The summed E-state index contributed by atoms with van der Waals surface area (Å²) in [7, 11) is 0. The van der Waals surface area contributed by atoms with Crippen LogP contribution < -0.4 is 10.9 Å². The molecule has 0 fully saturated rings. The minimum Gasteiger partial charge on any atom is -0.360 e. The topological polar surface area (TPSA) is 59.3 Å². The van der Waals surface area contributed by atoms with Crippen LogP contribution in [0.25, 0.3) is 4.96 Å². The van der Waals surface area contributed by atoms with E-state index in [-0.39, 0.29) is 4.96 Å². The van der Waals surface area contributed by atoms with Gasteiger partial charge in [0.05, 0.1) is 0 Å². The lowest BCUT2D eigenvalue weighted by molar-refractivity contribution is -0.141. The molecule has 19 heavy (non-hydrogen) atoms. The van der Waals surface area contributed by atoms with E-state index < -0.39 is 17.4 Å². The van der Waals surface area contributed by atoms with Gasteiger partial charge in [0.15, 0.2) is 5.69 Å². The number of unbranched alkanes of at least 4 members (excludes halogenated alkanes) is 1. The molecule has 2 rings (SSSR count). The minimum absolute atomic E-state index is 0.0705. The number of fused-ring (bicyclic) bond motifs is 1. The van der Waals surface area contributed by atoms with Gasteiger partial charge >= 0.3 is 6.18 Å². The van der Waals surface area contributed by atoms with Gasteiger partial charge in [0, 0.05) is 12.6 Å². The maximum Gasteiger partial charge on any atom is 0.433 e. The molecule has 0 radical (unpaired) electrons. The van der Waals surface area contributed by atoms with E-state index in [1.54, 1.807) is 0 Å². The van der Waals surface area contributed by atoms with Crippen LogP contribution in [0.4, 0.5) is 18.3 Å². The van der Waals surface area contributed by atoms with E-state index in [1.165, 1.54) is 0 Å². The van der Waals surface area contributed by atoms with Gasteiger partial charge in [0.25, 0.3) is 5.56 Å². The molecule has 2 aromatic rings. The van der Waals surface area contributed by atoms with E-state index in [0.29, 0.717) is 17.7 Å². The van der Waals surface area contributed by atoms with Crippen molar-refractivity contribution in [2.75, 3.05) is 11.9 Å². The number of aromatic nitrogens is 3. The highest BCUT2D eigenvalue weighted by Gasteiger charge is 2.33. The number of halogens is 3. The molecule has 0 spiro atoms. The van der Waals surface area contributed by atoms with E-state index >= 15 is 0 Å². The number of anilines is 1. The van der Waals surface area contributed by atoms with Crippen molar-refractivity contribution < 1.29 is 13.2 Å². The highest BCUT2D eigenvalue weighted by Crippen LogP contribution is 2.28. The third-order valence-electron chi connectivity index (χ3n) is 2.34. The fraction of sp³-hybridized carbons (Fsp3) is 0.500. The zero-order valence-electron chi connectivity index (χ0n) is 9.99. The molecule has 5 nitrogen and oxygen atoms in total. The summed E-state index contributed by atoms with van der Waals surface area (Å²) in [4.78, 5) is 14.9. The lowest BCUT2D eigenvalue weighted by atomic mass is 10.3. The SMILES string of the molecule is CCCCNc1nn2c(=O)cc(C(F)(F)F)nc2s1. The monoisotopic (exact) mass is 292 g/mol. The molecule has 0 aliphatic heterocycles. The maximum absolute atomic E-state index is 12.5. The first kappa shape index (κ1) is 13.8. The van der Waals surface area contributed by atoms with Crippen LogP contribution in [0.3, 0.4) is 0 Å². The Morgan fingerprint density at radius 3 is 2.84 bits per heavy atom. The molecule has 0 atom stereocenters. The molecule has 2 heterocycles. The summed E-state index contributed by atoms with van der Waals surface area (Å²) in [5.74, 6) is 0. The Morgan fingerprint density at radius 2 is 2.21 bits per heavy atom. The summed E-state index contributed by atoms with van der Waals surface area (Å²) >= 11 is 0.922.